The first-order chi connectivity index (χ1) is 12.2. The largest absolute Gasteiger partial charge is 0.390 e. The summed E-state index contributed by atoms with van der Waals surface area (Å²) in [5.41, 5.74) is 0.311. The number of rotatable bonds is 2. The number of hydrogen-bond donors (Lipinski definition) is 1. The summed E-state index contributed by atoms with van der Waals surface area (Å²) in [5.74, 6) is 0.992. The molecule has 4 rings (SSSR count). The number of carbonyl (C=O) groups excluding carboxylic acids is 1. The van der Waals surface area contributed by atoms with Gasteiger partial charge in [-0.2, -0.15) is 0 Å². The Labute approximate surface area is 148 Å². The van der Waals surface area contributed by atoms with E-state index in [0.29, 0.717) is 5.56 Å². The highest BCUT2D eigenvalue weighted by molar-refractivity contribution is 5.94. The molecule has 1 atom stereocenters. The van der Waals surface area contributed by atoms with Crippen LogP contribution in [0.5, 0.6) is 0 Å². The van der Waals surface area contributed by atoms with Gasteiger partial charge in [0.15, 0.2) is 0 Å². The maximum Gasteiger partial charge on any atom is 0.255 e. The van der Waals surface area contributed by atoms with Crippen molar-refractivity contribution >= 4 is 11.7 Å². The summed E-state index contributed by atoms with van der Waals surface area (Å²) in [4.78, 5) is 21.1. The lowest BCUT2D eigenvalue weighted by atomic mass is 9.82. The van der Waals surface area contributed by atoms with Crippen LogP contribution in [-0.4, -0.2) is 65.4 Å². The summed E-state index contributed by atoms with van der Waals surface area (Å²) in [6.07, 6.45) is 6.98. The second kappa shape index (κ2) is 6.92. The minimum absolute atomic E-state index is 0.0906. The fourth-order valence-electron chi connectivity index (χ4n) is 4.31. The predicted molar refractivity (Wildman–Crippen MR) is 94.7 cm³/mol. The molecule has 4 heterocycles. The molecular formula is C19H27N3O3. The number of nitrogens with zero attached hydrogens (tertiary/aromatic N) is 3. The van der Waals surface area contributed by atoms with E-state index in [4.69, 9.17) is 4.74 Å². The average molecular weight is 345 g/mol. The van der Waals surface area contributed by atoms with Gasteiger partial charge >= 0.3 is 0 Å². The van der Waals surface area contributed by atoms with Gasteiger partial charge in [-0.15, -0.1) is 0 Å². The molecule has 3 fully saturated rings. The summed E-state index contributed by atoms with van der Waals surface area (Å²) in [5, 5.41) is 10.3. The second-order valence-corrected chi connectivity index (χ2v) is 7.46. The number of ether oxygens (including phenoxy) is 1. The zero-order chi connectivity index (χ0) is 17.3. The number of likely N-dealkylation sites (tertiary alicyclic amines) is 1. The summed E-state index contributed by atoms with van der Waals surface area (Å²) in [6.45, 7) is 4.11. The van der Waals surface area contributed by atoms with Crippen molar-refractivity contribution in [3.05, 3.63) is 23.9 Å². The Hall–Kier alpha value is -1.66. The van der Waals surface area contributed by atoms with Gasteiger partial charge in [-0.1, -0.05) is 0 Å². The van der Waals surface area contributed by atoms with Gasteiger partial charge in [0.25, 0.3) is 5.91 Å². The third-order valence-corrected chi connectivity index (χ3v) is 5.94. The second-order valence-electron chi connectivity index (χ2n) is 7.46. The van der Waals surface area contributed by atoms with E-state index in [-0.39, 0.29) is 17.6 Å². The molecule has 0 aliphatic carbocycles. The molecule has 1 aromatic heterocycles. The Bertz CT molecular complexity index is 605. The van der Waals surface area contributed by atoms with Gasteiger partial charge in [0, 0.05) is 39.0 Å². The van der Waals surface area contributed by atoms with Crippen molar-refractivity contribution in [3.63, 3.8) is 0 Å². The zero-order valence-corrected chi connectivity index (χ0v) is 14.7. The molecule has 0 radical (unpaired) electrons. The topological polar surface area (TPSA) is 65.9 Å². The molecule has 0 aromatic carbocycles. The van der Waals surface area contributed by atoms with Crippen LogP contribution in [0.1, 0.15) is 48.9 Å². The van der Waals surface area contributed by atoms with Crippen molar-refractivity contribution in [2.45, 2.75) is 50.2 Å². The van der Waals surface area contributed by atoms with Crippen molar-refractivity contribution in [2.75, 3.05) is 37.7 Å². The van der Waals surface area contributed by atoms with Crippen LogP contribution in [0, 0.1) is 0 Å². The van der Waals surface area contributed by atoms with Crippen molar-refractivity contribution < 1.29 is 14.6 Å². The van der Waals surface area contributed by atoms with E-state index < -0.39 is 0 Å². The Kier molecular flexibility index (Phi) is 4.65. The number of hydrogen-bond acceptors (Lipinski definition) is 5. The van der Waals surface area contributed by atoms with Crippen LogP contribution in [0.3, 0.4) is 0 Å². The maximum absolute atomic E-state index is 12.4. The van der Waals surface area contributed by atoms with E-state index in [2.05, 4.69) is 9.88 Å². The summed E-state index contributed by atoms with van der Waals surface area (Å²) in [6, 6.07) is 3.83. The highest BCUT2D eigenvalue weighted by Gasteiger charge is 2.43. The van der Waals surface area contributed by atoms with Crippen LogP contribution >= 0.6 is 0 Å². The summed E-state index contributed by atoms with van der Waals surface area (Å²) < 4.78 is 5.96. The van der Waals surface area contributed by atoms with E-state index in [1.165, 1.54) is 0 Å². The molecule has 136 valence electrons. The molecule has 3 aliphatic rings. The molecule has 1 aromatic rings. The third kappa shape index (κ3) is 3.25. The molecule has 1 N–H and O–H groups in total. The SMILES string of the molecule is O=C(c1ccc(N2CCC3(CC2)OCCC[C@H]3O)nc1)N1CCCC1. The minimum atomic E-state index is -0.361. The van der Waals surface area contributed by atoms with Crippen LogP contribution in [0.15, 0.2) is 18.3 Å². The first-order valence-corrected chi connectivity index (χ1v) is 9.50. The highest BCUT2D eigenvalue weighted by atomic mass is 16.5. The van der Waals surface area contributed by atoms with E-state index in [0.717, 1.165) is 77.1 Å². The van der Waals surface area contributed by atoms with Crippen molar-refractivity contribution in [2.24, 2.45) is 0 Å². The van der Waals surface area contributed by atoms with Crippen LogP contribution in [0.4, 0.5) is 5.82 Å². The molecule has 25 heavy (non-hydrogen) atoms. The molecule has 1 amide bonds. The average Bonchev–Trinajstić information content (AvgIpc) is 3.19. The Morgan fingerprint density at radius 2 is 1.92 bits per heavy atom. The highest BCUT2D eigenvalue weighted by Crippen LogP contribution is 2.36. The van der Waals surface area contributed by atoms with E-state index in [9.17, 15) is 9.90 Å². The predicted octanol–water partition coefficient (Wildman–Crippen LogP) is 1.83. The van der Waals surface area contributed by atoms with Gasteiger partial charge in [-0.25, -0.2) is 4.98 Å². The van der Waals surface area contributed by atoms with Gasteiger partial charge in [0.1, 0.15) is 5.82 Å². The molecule has 0 unspecified atom stereocenters. The number of amides is 1. The monoisotopic (exact) mass is 345 g/mol. The standard InChI is InChI=1S/C19H27N3O3/c23-16-4-3-13-25-19(16)7-11-21(12-8-19)17-6-5-15(14-20-17)18(24)22-9-1-2-10-22/h5-6,14,16,23H,1-4,7-13H2/t16-/m1/s1. The van der Waals surface area contributed by atoms with E-state index >= 15 is 0 Å². The molecule has 0 saturated carbocycles. The van der Waals surface area contributed by atoms with Gasteiger partial charge in [0.2, 0.25) is 0 Å². The molecule has 6 heteroatoms. The van der Waals surface area contributed by atoms with Crippen LogP contribution in [0.2, 0.25) is 0 Å². The van der Waals surface area contributed by atoms with Crippen LogP contribution in [-0.2, 0) is 4.74 Å². The summed E-state index contributed by atoms with van der Waals surface area (Å²) in [7, 11) is 0. The smallest absolute Gasteiger partial charge is 0.255 e. The number of aliphatic hydroxyl groups is 1. The first kappa shape index (κ1) is 16.8. The molecule has 3 saturated heterocycles. The number of aromatic nitrogens is 1. The van der Waals surface area contributed by atoms with Gasteiger partial charge in [0.05, 0.1) is 17.3 Å². The molecule has 6 nitrogen and oxygen atoms in total. The molecule has 3 aliphatic heterocycles. The zero-order valence-electron chi connectivity index (χ0n) is 14.7. The normalized spacial score (nSPS) is 26.2. The van der Waals surface area contributed by atoms with E-state index in [1.807, 2.05) is 17.0 Å². The van der Waals surface area contributed by atoms with Crippen LogP contribution < -0.4 is 4.90 Å². The van der Waals surface area contributed by atoms with Crippen molar-refractivity contribution in [3.8, 4) is 0 Å². The Morgan fingerprint density at radius 1 is 1.16 bits per heavy atom. The molecule has 1 spiro atoms. The van der Waals surface area contributed by atoms with Crippen molar-refractivity contribution in [1.29, 1.82) is 0 Å². The number of anilines is 1. The van der Waals surface area contributed by atoms with Crippen LogP contribution in [0.25, 0.3) is 0 Å². The Morgan fingerprint density at radius 3 is 2.56 bits per heavy atom. The lowest BCUT2D eigenvalue weighted by Crippen LogP contribution is -2.55. The maximum atomic E-state index is 12.4. The first-order valence-electron chi connectivity index (χ1n) is 9.50. The molecule has 0 bridgehead atoms. The van der Waals surface area contributed by atoms with Gasteiger partial charge in [-0.3, -0.25) is 4.79 Å². The minimum Gasteiger partial charge on any atom is -0.390 e. The molecular weight excluding hydrogens is 318 g/mol. The fourth-order valence-corrected chi connectivity index (χ4v) is 4.31. The fraction of sp³-hybridized carbons (Fsp3) is 0.684. The number of pyridine rings is 1. The van der Waals surface area contributed by atoms with Gasteiger partial charge < -0.3 is 19.6 Å². The lowest BCUT2D eigenvalue weighted by molar-refractivity contribution is -0.164. The quantitative estimate of drug-likeness (QED) is 0.886. The van der Waals surface area contributed by atoms with E-state index in [1.54, 1.807) is 6.20 Å². The third-order valence-electron chi connectivity index (χ3n) is 5.94. The number of aliphatic hydroxyl groups excluding tert-OH is 1. The number of piperidine rings is 1. The summed E-state index contributed by atoms with van der Waals surface area (Å²) >= 11 is 0. The van der Waals surface area contributed by atoms with Crippen molar-refractivity contribution in [1.82, 2.24) is 9.88 Å². The Balaban J connectivity index is 1.39. The lowest BCUT2D eigenvalue weighted by Gasteiger charge is -2.47. The number of carbonyl (C=O) groups is 1. The van der Waals surface area contributed by atoms with Gasteiger partial charge in [-0.05, 0) is 50.7 Å².